The molecule has 7 nitrogen and oxygen atoms in total. The Hall–Kier alpha value is -3.28. The van der Waals surface area contributed by atoms with Crippen molar-refractivity contribution in [3.05, 3.63) is 65.1 Å². The summed E-state index contributed by atoms with van der Waals surface area (Å²) in [5.74, 6) is 0.609. The quantitative estimate of drug-likeness (QED) is 0.600. The van der Waals surface area contributed by atoms with Crippen LogP contribution in [0, 0.1) is 13.8 Å². The summed E-state index contributed by atoms with van der Waals surface area (Å²) < 4.78 is 7.43. The molecule has 1 N–H and O–H groups in total. The average molecular weight is 410 g/mol. The molecule has 30 heavy (non-hydrogen) atoms. The van der Waals surface area contributed by atoms with E-state index >= 15 is 0 Å². The van der Waals surface area contributed by atoms with Crippen LogP contribution < -0.4 is 4.74 Å². The molecule has 158 valence electrons. The van der Waals surface area contributed by atoms with Crippen molar-refractivity contribution < 1.29 is 24.2 Å². The number of hydrogen-bond acceptors (Lipinski definition) is 6. The van der Waals surface area contributed by atoms with Crippen LogP contribution in [0.2, 0.25) is 0 Å². The summed E-state index contributed by atoms with van der Waals surface area (Å²) in [6, 6.07) is 11.7. The minimum atomic E-state index is -0.656. The fraction of sp³-hybridized carbons (Fsp3) is 0.348. The molecule has 0 bridgehead atoms. The largest absolute Gasteiger partial charge is 0.490 e. The number of carbonyl (C=O) groups excluding carboxylic acids is 3. The molecule has 2 heterocycles. The van der Waals surface area contributed by atoms with Crippen LogP contribution in [0.3, 0.4) is 0 Å². The first-order chi connectivity index (χ1) is 14.3. The Morgan fingerprint density at radius 2 is 1.93 bits per heavy atom. The third-order valence-corrected chi connectivity index (χ3v) is 4.97. The molecule has 1 aromatic carbocycles. The van der Waals surface area contributed by atoms with Crippen LogP contribution in [-0.4, -0.2) is 39.6 Å². The fourth-order valence-electron chi connectivity index (χ4n) is 3.47. The Kier molecular flexibility index (Phi) is 7.64. The number of hydrogen-bond donors (Lipinski definition) is 1. The van der Waals surface area contributed by atoms with E-state index in [1.54, 1.807) is 4.40 Å². The van der Waals surface area contributed by atoms with E-state index < -0.39 is 5.41 Å². The van der Waals surface area contributed by atoms with Crippen LogP contribution in [0.15, 0.2) is 42.6 Å². The second kappa shape index (κ2) is 9.96. The maximum absolute atomic E-state index is 13.2. The lowest BCUT2D eigenvalue weighted by Gasteiger charge is -2.27. The second-order valence-corrected chi connectivity index (χ2v) is 7.32. The molecule has 0 aliphatic heterocycles. The number of rotatable bonds is 7. The van der Waals surface area contributed by atoms with Gasteiger partial charge in [0.2, 0.25) is 0 Å². The SMILES string of the molecule is CCOc1cccn2c(C(=O)C[C@@](C)(CO)c3cccc(C)c3)c(C)nc12.O=C=O. The molecule has 0 saturated carbocycles. The van der Waals surface area contributed by atoms with Crippen LogP contribution in [0.4, 0.5) is 0 Å². The summed E-state index contributed by atoms with van der Waals surface area (Å²) in [7, 11) is 0. The molecular weight excluding hydrogens is 384 g/mol. The molecule has 7 heteroatoms. The van der Waals surface area contributed by atoms with Gasteiger partial charge in [0, 0.05) is 18.0 Å². The van der Waals surface area contributed by atoms with E-state index in [1.165, 1.54) is 0 Å². The molecular formula is C23H26N2O5. The fourth-order valence-corrected chi connectivity index (χ4v) is 3.47. The molecule has 3 aromatic rings. The van der Waals surface area contributed by atoms with E-state index in [1.807, 2.05) is 70.3 Å². The van der Waals surface area contributed by atoms with E-state index in [4.69, 9.17) is 14.3 Å². The van der Waals surface area contributed by atoms with Gasteiger partial charge >= 0.3 is 6.15 Å². The van der Waals surface area contributed by atoms with Crippen LogP contribution in [0.1, 0.15) is 47.6 Å². The van der Waals surface area contributed by atoms with Crippen molar-refractivity contribution in [3.8, 4) is 5.75 Å². The molecule has 0 fully saturated rings. The highest BCUT2D eigenvalue weighted by atomic mass is 16.5. The Labute approximate surface area is 175 Å². The maximum Gasteiger partial charge on any atom is 0.373 e. The monoisotopic (exact) mass is 410 g/mol. The van der Waals surface area contributed by atoms with Crippen molar-refractivity contribution >= 4 is 17.6 Å². The van der Waals surface area contributed by atoms with Crippen molar-refractivity contribution in [2.75, 3.05) is 13.2 Å². The predicted octanol–water partition coefficient (Wildman–Crippen LogP) is 3.29. The van der Waals surface area contributed by atoms with Crippen molar-refractivity contribution in [2.45, 2.75) is 39.5 Å². The Bertz CT molecular complexity index is 1070. The van der Waals surface area contributed by atoms with E-state index in [0.29, 0.717) is 29.4 Å². The van der Waals surface area contributed by atoms with Crippen LogP contribution >= 0.6 is 0 Å². The third-order valence-electron chi connectivity index (χ3n) is 4.97. The standard InChI is InChI=1S/C22H26N2O3.CO2/c1-5-27-19-10-7-11-24-20(16(3)23-21(19)24)18(26)13-22(4,14-25)17-9-6-8-15(2)12-17;2-1-3/h6-12,25H,5,13-14H2,1-4H3;/t22-;/m0./s1. The number of Topliss-reactive ketones (excluding diaryl/α,β-unsaturated/α-hetero) is 1. The number of aryl methyl sites for hydroxylation is 2. The van der Waals surface area contributed by atoms with Crippen LogP contribution in [0.25, 0.3) is 5.65 Å². The Morgan fingerprint density at radius 1 is 1.23 bits per heavy atom. The molecule has 1 atom stereocenters. The summed E-state index contributed by atoms with van der Waals surface area (Å²) in [6.45, 7) is 8.10. The van der Waals surface area contributed by atoms with Gasteiger partial charge in [0.15, 0.2) is 17.2 Å². The molecule has 0 spiro atoms. The zero-order valence-corrected chi connectivity index (χ0v) is 17.6. The van der Waals surface area contributed by atoms with Crippen molar-refractivity contribution in [2.24, 2.45) is 0 Å². The summed E-state index contributed by atoms with van der Waals surface area (Å²) in [4.78, 5) is 34.0. The molecule has 0 aliphatic carbocycles. The number of aromatic nitrogens is 2. The zero-order valence-electron chi connectivity index (χ0n) is 17.6. The smallest absolute Gasteiger partial charge is 0.373 e. The Balaban J connectivity index is 0.00000101. The minimum absolute atomic E-state index is 0.0493. The number of fused-ring (bicyclic) bond motifs is 1. The van der Waals surface area contributed by atoms with E-state index in [0.717, 1.165) is 11.1 Å². The van der Waals surface area contributed by atoms with Gasteiger partial charge in [-0.1, -0.05) is 36.8 Å². The number of imidazole rings is 1. The van der Waals surface area contributed by atoms with Crippen molar-refractivity contribution in [1.29, 1.82) is 0 Å². The Morgan fingerprint density at radius 3 is 2.53 bits per heavy atom. The number of nitrogens with zero attached hydrogens (tertiary/aromatic N) is 2. The highest BCUT2D eigenvalue weighted by molar-refractivity contribution is 5.97. The molecule has 3 rings (SSSR count). The molecule has 0 unspecified atom stereocenters. The summed E-state index contributed by atoms with van der Waals surface area (Å²) in [5.41, 5.74) is 3.25. The topological polar surface area (TPSA) is 98.0 Å². The number of ketones is 1. The molecule has 2 aromatic heterocycles. The zero-order chi connectivity index (χ0) is 22.3. The summed E-state index contributed by atoms with van der Waals surface area (Å²) in [6.07, 6.45) is 2.27. The molecule has 0 aliphatic rings. The van der Waals surface area contributed by atoms with Crippen molar-refractivity contribution in [1.82, 2.24) is 9.38 Å². The van der Waals surface area contributed by atoms with E-state index in [-0.39, 0.29) is 25.0 Å². The highest BCUT2D eigenvalue weighted by Gasteiger charge is 2.31. The van der Waals surface area contributed by atoms with Gasteiger partial charge in [-0.05, 0) is 38.5 Å². The maximum atomic E-state index is 13.2. The van der Waals surface area contributed by atoms with Gasteiger partial charge in [-0.15, -0.1) is 0 Å². The first kappa shape index (κ1) is 23.0. The number of carbonyl (C=O) groups is 1. The molecule has 0 radical (unpaired) electrons. The number of pyridine rings is 1. The number of ether oxygens (including phenoxy) is 1. The molecule has 0 amide bonds. The number of benzene rings is 1. The van der Waals surface area contributed by atoms with Gasteiger partial charge in [0.1, 0.15) is 5.69 Å². The van der Waals surface area contributed by atoms with Crippen molar-refractivity contribution in [3.63, 3.8) is 0 Å². The minimum Gasteiger partial charge on any atom is -0.490 e. The van der Waals surface area contributed by atoms with E-state index in [2.05, 4.69) is 4.98 Å². The molecule has 0 saturated heterocycles. The summed E-state index contributed by atoms with van der Waals surface area (Å²) >= 11 is 0. The van der Waals surface area contributed by atoms with Gasteiger partial charge < -0.3 is 9.84 Å². The van der Waals surface area contributed by atoms with Crippen LogP contribution in [0.5, 0.6) is 5.75 Å². The lowest BCUT2D eigenvalue weighted by atomic mass is 9.78. The first-order valence-electron chi connectivity index (χ1n) is 9.62. The first-order valence-corrected chi connectivity index (χ1v) is 9.62. The lowest BCUT2D eigenvalue weighted by molar-refractivity contribution is -0.191. The number of aliphatic hydroxyl groups excluding tert-OH is 1. The normalized spacial score (nSPS) is 12.4. The van der Waals surface area contributed by atoms with Gasteiger partial charge in [-0.3, -0.25) is 9.20 Å². The van der Waals surface area contributed by atoms with E-state index in [9.17, 15) is 9.90 Å². The average Bonchev–Trinajstić information content (AvgIpc) is 3.05. The van der Waals surface area contributed by atoms with Gasteiger partial charge in [-0.2, -0.15) is 9.59 Å². The predicted molar refractivity (Wildman–Crippen MR) is 111 cm³/mol. The van der Waals surface area contributed by atoms with Gasteiger partial charge in [-0.25, -0.2) is 4.98 Å². The lowest BCUT2D eigenvalue weighted by Crippen LogP contribution is -2.30. The van der Waals surface area contributed by atoms with Crippen LogP contribution in [-0.2, 0) is 15.0 Å². The highest BCUT2D eigenvalue weighted by Crippen LogP contribution is 2.31. The number of aliphatic hydroxyl groups is 1. The second-order valence-electron chi connectivity index (χ2n) is 7.32. The third kappa shape index (κ3) is 4.82. The summed E-state index contributed by atoms with van der Waals surface area (Å²) in [5, 5.41) is 10.1. The van der Waals surface area contributed by atoms with Gasteiger partial charge in [0.05, 0.1) is 18.9 Å². The van der Waals surface area contributed by atoms with Gasteiger partial charge in [0.25, 0.3) is 0 Å².